The number of halogens is 1. The molecular formula is C8H17IN2O2S. The van der Waals surface area contributed by atoms with E-state index in [1.165, 1.54) is 0 Å². The third-order valence-electron chi connectivity index (χ3n) is 2.34. The van der Waals surface area contributed by atoms with Crippen LogP contribution in [-0.2, 0) is 10.2 Å². The van der Waals surface area contributed by atoms with Crippen LogP contribution in [0.4, 0.5) is 0 Å². The predicted octanol–water partition coefficient (Wildman–Crippen LogP) is 0.988. The Hall–Kier alpha value is 0.600. The van der Waals surface area contributed by atoms with Crippen LogP contribution in [0.15, 0.2) is 0 Å². The zero-order valence-corrected chi connectivity index (χ0v) is 11.3. The van der Waals surface area contributed by atoms with E-state index in [1.807, 2.05) is 0 Å². The van der Waals surface area contributed by atoms with Gasteiger partial charge in [-0.3, -0.25) is 0 Å². The highest BCUT2D eigenvalue weighted by Crippen LogP contribution is 2.17. The van der Waals surface area contributed by atoms with Crippen molar-refractivity contribution in [1.82, 2.24) is 9.03 Å². The van der Waals surface area contributed by atoms with Gasteiger partial charge in [0.1, 0.15) is 0 Å². The lowest BCUT2D eigenvalue weighted by atomic mass is 10.0. The highest BCUT2D eigenvalue weighted by atomic mass is 127. The van der Waals surface area contributed by atoms with Gasteiger partial charge in [0.25, 0.3) is 10.2 Å². The van der Waals surface area contributed by atoms with Crippen LogP contribution in [0.2, 0.25) is 0 Å². The van der Waals surface area contributed by atoms with E-state index < -0.39 is 10.2 Å². The number of nitrogens with zero attached hydrogens (tertiary/aromatic N) is 1. The minimum Gasteiger partial charge on any atom is -0.201 e. The molecule has 0 radical (unpaired) electrons. The summed E-state index contributed by atoms with van der Waals surface area (Å²) >= 11 is 2.16. The van der Waals surface area contributed by atoms with Crippen molar-refractivity contribution in [2.24, 2.45) is 5.92 Å². The van der Waals surface area contributed by atoms with Crippen molar-refractivity contribution in [2.45, 2.75) is 19.8 Å². The summed E-state index contributed by atoms with van der Waals surface area (Å²) in [6.07, 6.45) is 2.12. The van der Waals surface area contributed by atoms with Crippen molar-refractivity contribution < 1.29 is 8.42 Å². The smallest absolute Gasteiger partial charge is 0.201 e. The van der Waals surface area contributed by atoms with Gasteiger partial charge in [-0.05, 0) is 18.8 Å². The summed E-state index contributed by atoms with van der Waals surface area (Å²) in [7, 11) is -3.20. The van der Waals surface area contributed by atoms with Crippen molar-refractivity contribution in [3.8, 4) is 0 Å². The Kier molecular flexibility index (Phi) is 5.09. The van der Waals surface area contributed by atoms with Crippen LogP contribution in [0.25, 0.3) is 0 Å². The topological polar surface area (TPSA) is 49.4 Å². The number of alkyl halides is 1. The molecule has 6 heteroatoms. The second-order valence-corrected chi connectivity index (χ2v) is 6.53. The molecule has 1 heterocycles. The fourth-order valence-electron chi connectivity index (χ4n) is 1.62. The number of piperidine rings is 1. The van der Waals surface area contributed by atoms with Gasteiger partial charge in [-0.15, -0.1) is 0 Å². The quantitative estimate of drug-likeness (QED) is 0.617. The summed E-state index contributed by atoms with van der Waals surface area (Å²) in [4.78, 5) is 0. The molecule has 0 spiro atoms. The number of hydrogen-bond donors (Lipinski definition) is 1. The Morgan fingerprint density at radius 1 is 1.57 bits per heavy atom. The minimum absolute atomic E-state index is 0.486. The molecule has 1 rings (SSSR count). The molecule has 14 heavy (non-hydrogen) atoms. The van der Waals surface area contributed by atoms with Crippen LogP contribution in [-0.4, -0.2) is 36.8 Å². The van der Waals surface area contributed by atoms with Crippen LogP contribution in [0, 0.1) is 5.92 Å². The Balaban J connectivity index is 2.53. The van der Waals surface area contributed by atoms with E-state index in [2.05, 4.69) is 34.2 Å². The third kappa shape index (κ3) is 3.63. The molecule has 4 nitrogen and oxygen atoms in total. The summed E-state index contributed by atoms with van der Waals surface area (Å²) in [5, 5.41) is 0. The monoisotopic (exact) mass is 332 g/mol. The molecular weight excluding hydrogens is 315 g/mol. The lowest BCUT2D eigenvalue weighted by Gasteiger charge is -2.29. The molecule has 84 valence electrons. The fourth-order valence-corrected chi connectivity index (χ4v) is 3.62. The van der Waals surface area contributed by atoms with E-state index in [1.54, 1.807) is 4.31 Å². The van der Waals surface area contributed by atoms with Gasteiger partial charge in [0.05, 0.1) is 0 Å². The first-order valence-electron chi connectivity index (χ1n) is 4.87. The van der Waals surface area contributed by atoms with Crippen LogP contribution in [0.5, 0.6) is 0 Å². The van der Waals surface area contributed by atoms with Crippen molar-refractivity contribution in [3.05, 3.63) is 0 Å². The van der Waals surface area contributed by atoms with Gasteiger partial charge in [0, 0.05) is 24.1 Å². The highest BCUT2D eigenvalue weighted by Gasteiger charge is 2.26. The SMILES string of the molecule is CC1CCCN(S(=O)(=O)NCCI)C1. The molecule has 0 aliphatic carbocycles. The molecule has 1 fully saturated rings. The van der Waals surface area contributed by atoms with Crippen molar-refractivity contribution in [2.75, 3.05) is 24.1 Å². The van der Waals surface area contributed by atoms with Gasteiger partial charge in [0.15, 0.2) is 0 Å². The van der Waals surface area contributed by atoms with E-state index in [0.29, 0.717) is 25.6 Å². The fraction of sp³-hybridized carbons (Fsp3) is 1.00. The summed E-state index contributed by atoms with van der Waals surface area (Å²) in [5.41, 5.74) is 0. The summed E-state index contributed by atoms with van der Waals surface area (Å²) in [6, 6.07) is 0. The predicted molar refractivity (Wildman–Crippen MR) is 65.8 cm³/mol. The second kappa shape index (κ2) is 5.62. The van der Waals surface area contributed by atoms with Crippen molar-refractivity contribution >= 4 is 32.8 Å². The van der Waals surface area contributed by atoms with Gasteiger partial charge in [0.2, 0.25) is 0 Å². The van der Waals surface area contributed by atoms with Gasteiger partial charge < -0.3 is 0 Å². The van der Waals surface area contributed by atoms with E-state index >= 15 is 0 Å². The maximum atomic E-state index is 11.7. The Morgan fingerprint density at radius 3 is 2.86 bits per heavy atom. The molecule has 1 atom stereocenters. The first kappa shape index (κ1) is 12.7. The molecule has 0 amide bonds. The second-order valence-electron chi connectivity index (χ2n) is 3.69. The van der Waals surface area contributed by atoms with Gasteiger partial charge in [-0.1, -0.05) is 29.5 Å². The van der Waals surface area contributed by atoms with Crippen molar-refractivity contribution in [3.63, 3.8) is 0 Å². The van der Waals surface area contributed by atoms with Gasteiger partial charge >= 0.3 is 0 Å². The molecule has 1 aliphatic rings. The summed E-state index contributed by atoms with van der Waals surface area (Å²) in [5.74, 6) is 0.486. The first-order chi connectivity index (χ1) is 6.56. The molecule has 0 saturated carbocycles. The molecule has 1 unspecified atom stereocenters. The average Bonchev–Trinajstić information content (AvgIpc) is 2.15. The zero-order valence-electron chi connectivity index (χ0n) is 8.37. The minimum atomic E-state index is -3.20. The average molecular weight is 332 g/mol. The highest BCUT2D eigenvalue weighted by molar-refractivity contribution is 14.1. The van der Waals surface area contributed by atoms with Crippen LogP contribution >= 0.6 is 22.6 Å². The van der Waals surface area contributed by atoms with E-state index in [9.17, 15) is 8.42 Å². The van der Waals surface area contributed by atoms with Crippen LogP contribution in [0.3, 0.4) is 0 Å². The van der Waals surface area contributed by atoms with Crippen LogP contribution < -0.4 is 4.72 Å². The normalized spacial score (nSPS) is 25.1. The lowest BCUT2D eigenvalue weighted by molar-refractivity contribution is 0.278. The van der Waals surface area contributed by atoms with Gasteiger partial charge in [-0.25, -0.2) is 4.72 Å². The summed E-state index contributed by atoms with van der Waals surface area (Å²) in [6.45, 7) is 3.95. The van der Waals surface area contributed by atoms with Crippen molar-refractivity contribution in [1.29, 1.82) is 0 Å². The Bertz CT molecular complexity index is 269. The Labute approximate surface area is 99.8 Å². The maximum Gasteiger partial charge on any atom is 0.279 e. The molecule has 0 aromatic heterocycles. The third-order valence-corrected chi connectivity index (χ3v) is 4.46. The van der Waals surface area contributed by atoms with Gasteiger partial charge in [-0.2, -0.15) is 12.7 Å². The molecule has 1 aliphatic heterocycles. The molecule has 0 bridgehead atoms. The molecule has 0 aromatic carbocycles. The Morgan fingerprint density at radius 2 is 2.29 bits per heavy atom. The van der Waals surface area contributed by atoms with E-state index in [4.69, 9.17) is 0 Å². The summed E-state index contributed by atoms with van der Waals surface area (Å²) < 4.78 is 28.4. The zero-order chi connectivity index (χ0) is 10.6. The largest absolute Gasteiger partial charge is 0.279 e. The molecule has 1 N–H and O–H groups in total. The molecule has 1 saturated heterocycles. The lowest BCUT2D eigenvalue weighted by Crippen LogP contribution is -2.45. The van der Waals surface area contributed by atoms with E-state index in [0.717, 1.165) is 17.3 Å². The van der Waals surface area contributed by atoms with E-state index in [-0.39, 0.29) is 0 Å². The number of hydrogen-bond acceptors (Lipinski definition) is 2. The molecule has 0 aromatic rings. The van der Waals surface area contributed by atoms with Crippen LogP contribution in [0.1, 0.15) is 19.8 Å². The standard InChI is InChI=1S/C8H17IN2O2S/c1-8-3-2-6-11(7-8)14(12,13)10-5-4-9/h8,10H,2-7H2,1H3. The first-order valence-corrected chi connectivity index (χ1v) is 7.83. The maximum absolute atomic E-state index is 11.7. The number of nitrogens with one attached hydrogen (secondary N) is 1. The number of rotatable bonds is 4.